The minimum Gasteiger partial charge on any atom is -0.493 e. The molecule has 5 aliphatic rings. The number of piperidine rings is 1. The average Bonchev–Trinajstić information content (AvgIpc) is 3.51. The molecule has 3 aliphatic carbocycles. The Hall–Kier alpha value is -1.59. The van der Waals surface area contributed by atoms with Crippen LogP contribution in [0.1, 0.15) is 63.5 Å². The normalized spacial score (nSPS) is 38.9. The number of carbonyl (C=O) groups is 1. The summed E-state index contributed by atoms with van der Waals surface area (Å²) in [5.74, 6) is 2.60. The number of Topliss-reactive ketones (excluding diaryl/α,β-unsaturated/α-hetero) is 1. The predicted molar refractivity (Wildman–Crippen MR) is 113 cm³/mol. The van der Waals surface area contributed by atoms with Crippen LogP contribution >= 0.6 is 0 Å². The number of carbonyl (C=O) groups excluding carboxylic acids is 1. The second-order valence-electron chi connectivity index (χ2n) is 10.2. The number of likely N-dealkylation sites (tertiary alicyclic amines) is 1. The van der Waals surface area contributed by atoms with E-state index in [1.165, 1.54) is 30.5 Å². The van der Waals surface area contributed by atoms with Crippen molar-refractivity contribution in [3.63, 3.8) is 0 Å². The quantitative estimate of drug-likeness (QED) is 0.715. The Balaban J connectivity index is 1.60. The highest BCUT2D eigenvalue weighted by molar-refractivity contribution is 5.94. The minimum atomic E-state index is -0.880. The molecule has 1 aromatic rings. The number of hydrogen-bond acceptors (Lipinski definition) is 5. The summed E-state index contributed by atoms with van der Waals surface area (Å²) in [7, 11) is 1.69. The third-order valence-corrected chi connectivity index (χ3v) is 8.87. The molecular weight excluding hydrogens is 378 g/mol. The highest BCUT2D eigenvalue weighted by Gasteiger charge is 2.78. The first-order chi connectivity index (χ1) is 14.5. The van der Waals surface area contributed by atoms with Gasteiger partial charge in [0.1, 0.15) is 0 Å². The maximum absolute atomic E-state index is 13.5. The molecule has 0 aromatic heterocycles. The van der Waals surface area contributed by atoms with Crippen molar-refractivity contribution in [2.75, 3.05) is 26.8 Å². The van der Waals surface area contributed by atoms with E-state index >= 15 is 0 Å². The lowest BCUT2D eigenvalue weighted by Gasteiger charge is -2.66. The van der Waals surface area contributed by atoms with Gasteiger partial charge >= 0.3 is 0 Å². The van der Waals surface area contributed by atoms with Crippen molar-refractivity contribution in [1.29, 1.82) is 0 Å². The summed E-state index contributed by atoms with van der Waals surface area (Å²) < 4.78 is 19.3. The smallest absolute Gasteiger partial charge is 0.177 e. The second kappa shape index (κ2) is 6.23. The average molecular weight is 412 g/mol. The molecule has 1 unspecified atom stereocenters. The molecule has 5 heteroatoms. The van der Waals surface area contributed by atoms with E-state index in [9.17, 15) is 4.79 Å². The van der Waals surface area contributed by atoms with Crippen LogP contribution < -0.4 is 9.47 Å². The van der Waals surface area contributed by atoms with Crippen LogP contribution in [0.5, 0.6) is 11.5 Å². The van der Waals surface area contributed by atoms with Crippen molar-refractivity contribution >= 4 is 5.78 Å². The van der Waals surface area contributed by atoms with Crippen molar-refractivity contribution in [1.82, 2.24) is 4.90 Å². The van der Waals surface area contributed by atoms with Crippen LogP contribution in [0.4, 0.5) is 0 Å². The summed E-state index contributed by atoms with van der Waals surface area (Å²) in [4.78, 5) is 16.2. The number of rotatable bonds is 6. The largest absolute Gasteiger partial charge is 0.493 e. The van der Waals surface area contributed by atoms with Crippen LogP contribution in [0.3, 0.4) is 0 Å². The van der Waals surface area contributed by atoms with E-state index in [1.54, 1.807) is 7.11 Å². The molecule has 2 aliphatic heterocycles. The first-order valence-corrected chi connectivity index (χ1v) is 11.8. The summed E-state index contributed by atoms with van der Waals surface area (Å²) in [6, 6.07) is 4.54. The number of benzene rings is 1. The van der Waals surface area contributed by atoms with E-state index in [1.807, 2.05) is 13.0 Å². The molecule has 2 saturated carbocycles. The molecule has 1 aromatic carbocycles. The van der Waals surface area contributed by atoms with Gasteiger partial charge in [0.15, 0.2) is 22.9 Å². The van der Waals surface area contributed by atoms with Crippen molar-refractivity contribution < 1.29 is 19.0 Å². The van der Waals surface area contributed by atoms with Crippen LogP contribution in [0.25, 0.3) is 0 Å². The molecule has 0 N–H and O–H groups in total. The summed E-state index contributed by atoms with van der Waals surface area (Å²) >= 11 is 0. The van der Waals surface area contributed by atoms with Gasteiger partial charge in [-0.15, -0.1) is 0 Å². The number of hydrogen-bond donors (Lipinski definition) is 0. The lowest BCUT2D eigenvalue weighted by molar-refractivity contribution is -0.231. The Bertz CT molecular complexity index is 911. The van der Waals surface area contributed by atoms with Crippen molar-refractivity contribution in [3.05, 3.63) is 23.3 Å². The van der Waals surface area contributed by atoms with Gasteiger partial charge in [0.25, 0.3) is 0 Å². The van der Waals surface area contributed by atoms with Gasteiger partial charge in [0.2, 0.25) is 0 Å². The Kier molecular flexibility index (Phi) is 3.97. The van der Waals surface area contributed by atoms with Gasteiger partial charge in [-0.3, -0.25) is 9.69 Å². The molecule has 1 saturated heterocycles. The summed E-state index contributed by atoms with van der Waals surface area (Å²) in [6.07, 6.45) is 6.90. The van der Waals surface area contributed by atoms with Crippen molar-refractivity contribution in [2.45, 2.75) is 81.5 Å². The van der Waals surface area contributed by atoms with E-state index in [2.05, 4.69) is 17.9 Å². The van der Waals surface area contributed by atoms with E-state index in [0.29, 0.717) is 12.5 Å². The Labute approximate surface area is 179 Å². The zero-order chi connectivity index (χ0) is 20.7. The summed E-state index contributed by atoms with van der Waals surface area (Å²) in [5, 5.41) is 0. The van der Waals surface area contributed by atoms with Crippen molar-refractivity contribution in [3.8, 4) is 11.5 Å². The van der Waals surface area contributed by atoms with Gasteiger partial charge < -0.3 is 14.2 Å². The third-order valence-electron chi connectivity index (χ3n) is 8.87. The summed E-state index contributed by atoms with van der Waals surface area (Å²) in [5.41, 5.74) is 0.867. The molecule has 30 heavy (non-hydrogen) atoms. The molecule has 1 spiro atoms. The minimum absolute atomic E-state index is 0.221. The van der Waals surface area contributed by atoms with Gasteiger partial charge in [0, 0.05) is 31.2 Å². The monoisotopic (exact) mass is 411 g/mol. The zero-order valence-electron chi connectivity index (χ0n) is 18.5. The maximum atomic E-state index is 13.5. The standard InChI is InChI=1S/C25H33NO4/c1-4-13-29-25-10-9-20(27)23(2)24(25)11-12-26(15-16-5-6-16)19(25)14-17-7-8-18(28-3)22(30-23)21(17)24/h7-8,16,19H,4-6,9-15H2,1-3H3/t19-,23+,24+,25?/m1/s1. The molecular formula is C25H33NO4. The lowest BCUT2D eigenvalue weighted by atomic mass is 9.45. The SMILES string of the molecule is CCCOC12CCC(=O)[C@]3(C)Oc4c(OC)ccc5c4[C@]13CCN(CC1CC1)[C@@H]2C5. The first kappa shape index (κ1) is 19.1. The molecule has 162 valence electrons. The molecule has 6 rings (SSSR count). The second-order valence-corrected chi connectivity index (χ2v) is 10.2. The van der Waals surface area contributed by atoms with Gasteiger partial charge in [-0.25, -0.2) is 0 Å². The van der Waals surface area contributed by atoms with Crippen molar-refractivity contribution in [2.24, 2.45) is 5.92 Å². The fraction of sp³-hybridized carbons (Fsp3) is 0.720. The molecule has 5 nitrogen and oxygen atoms in total. The van der Waals surface area contributed by atoms with Gasteiger partial charge in [-0.05, 0) is 69.5 Å². The number of nitrogens with zero attached hydrogens (tertiary/aromatic N) is 1. The van der Waals surface area contributed by atoms with Crippen LogP contribution in [0.2, 0.25) is 0 Å². The van der Waals surface area contributed by atoms with Crippen LogP contribution in [-0.2, 0) is 21.4 Å². The van der Waals surface area contributed by atoms with Crippen LogP contribution in [0, 0.1) is 5.92 Å². The maximum Gasteiger partial charge on any atom is 0.177 e. The Morgan fingerprint density at radius 2 is 2.10 bits per heavy atom. The van der Waals surface area contributed by atoms with E-state index in [-0.39, 0.29) is 11.4 Å². The predicted octanol–water partition coefficient (Wildman–Crippen LogP) is 3.65. The zero-order valence-corrected chi connectivity index (χ0v) is 18.5. The molecule has 3 fully saturated rings. The molecule has 2 heterocycles. The number of ether oxygens (including phenoxy) is 3. The fourth-order valence-corrected chi connectivity index (χ4v) is 7.41. The van der Waals surface area contributed by atoms with E-state index < -0.39 is 11.0 Å². The number of methoxy groups -OCH3 is 1. The molecule has 4 atom stereocenters. The first-order valence-electron chi connectivity index (χ1n) is 11.8. The van der Waals surface area contributed by atoms with Gasteiger partial charge in [-0.2, -0.15) is 0 Å². The topological polar surface area (TPSA) is 48.0 Å². The summed E-state index contributed by atoms with van der Waals surface area (Å²) in [6.45, 7) is 7.13. The van der Waals surface area contributed by atoms with Crippen LogP contribution in [-0.4, -0.2) is 54.7 Å². The highest BCUT2D eigenvalue weighted by atomic mass is 16.5. The van der Waals surface area contributed by atoms with E-state index in [4.69, 9.17) is 14.2 Å². The number of ketones is 1. The fourth-order valence-electron chi connectivity index (χ4n) is 7.41. The van der Waals surface area contributed by atoms with Crippen LogP contribution in [0.15, 0.2) is 12.1 Å². The molecule has 2 bridgehead atoms. The lowest BCUT2D eigenvalue weighted by Crippen LogP contribution is -2.80. The highest BCUT2D eigenvalue weighted by Crippen LogP contribution is 2.69. The van der Waals surface area contributed by atoms with Gasteiger partial charge in [-0.1, -0.05) is 13.0 Å². The Morgan fingerprint density at radius 3 is 2.83 bits per heavy atom. The van der Waals surface area contributed by atoms with E-state index in [0.717, 1.165) is 56.3 Å². The molecule has 0 radical (unpaired) electrons. The third kappa shape index (κ3) is 2.09. The molecule has 0 amide bonds. The Morgan fingerprint density at radius 1 is 1.27 bits per heavy atom. The van der Waals surface area contributed by atoms with Gasteiger partial charge in [0.05, 0.1) is 18.1 Å².